The van der Waals surface area contributed by atoms with Gasteiger partial charge in [0.15, 0.2) is 0 Å². The normalized spacial score (nSPS) is 17.6. The summed E-state index contributed by atoms with van der Waals surface area (Å²) in [7, 11) is -3.71. The van der Waals surface area contributed by atoms with Crippen molar-refractivity contribution >= 4 is 68.1 Å². The van der Waals surface area contributed by atoms with Gasteiger partial charge in [0.1, 0.15) is 4.21 Å². The minimum atomic E-state index is -3.71. The summed E-state index contributed by atoms with van der Waals surface area (Å²) in [5.41, 5.74) is 0.437. The number of halogens is 3. The van der Waals surface area contributed by atoms with Crippen LogP contribution in [0.15, 0.2) is 39.0 Å². The lowest BCUT2D eigenvalue weighted by molar-refractivity contribution is -0.121. The lowest BCUT2D eigenvalue weighted by Gasteiger charge is -2.30. The van der Waals surface area contributed by atoms with E-state index in [9.17, 15) is 13.2 Å². The number of nitrogens with one attached hydrogen (secondary N) is 1. The Balaban J connectivity index is 1.45. The summed E-state index contributed by atoms with van der Waals surface area (Å²) in [6, 6.07) is 7.68. The Morgan fingerprint density at radius 2 is 2.00 bits per heavy atom. The Labute approximate surface area is 197 Å². The number of benzene rings is 1. The number of nitrogens with zero attached hydrogens (tertiary/aromatic N) is 3. The van der Waals surface area contributed by atoms with Crippen LogP contribution in [0.2, 0.25) is 14.4 Å². The lowest BCUT2D eigenvalue weighted by Crippen LogP contribution is -2.43. The standard InChI is InChI=1S/C18H15Cl3N4O4S2/c19-11-3-4-13(20)12(8-11)17-23-24-18(29-17)22-16(26)10-2-1-7-25(9-10)31(27,28)15-6-5-14(21)30-15/h3-6,8,10H,1-2,7,9H2,(H,22,24,26). The summed E-state index contributed by atoms with van der Waals surface area (Å²) in [5, 5.41) is 11.1. The van der Waals surface area contributed by atoms with Crippen LogP contribution in [0.4, 0.5) is 6.01 Å². The summed E-state index contributed by atoms with van der Waals surface area (Å²) in [5.74, 6) is -0.870. The number of aromatic nitrogens is 2. The molecule has 13 heteroatoms. The van der Waals surface area contributed by atoms with Crippen molar-refractivity contribution in [2.45, 2.75) is 17.1 Å². The van der Waals surface area contributed by atoms with Crippen LogP contribution >= 0.6 is 46.1 Å². The first-order valence-corrected chi connectivity index (χ1v) is 12.5. The smallest absolute Gasteiger partial charge is 0.322 e. The van der Waals surface area contributed by atoms with Crippen molar-refractivity contribution in [3.05, 3.63) is 44.7 Å². The van der Waals surface area contributed by atoms with Gasteiger partial charge in [0, 0.05) is 18.1 Å². The zero-order valence-corrected chi connectivity index (χ0v) is 19.6. The fourth-order valence-electron chi connectivity index (χ4n) is 3.19. The van der Waals surface area contributed by atoms with Gasteiger partial charge in [0.2, 0.25) is 5.91 Å². The number of amides is 1. The van der Waals surface area contributed by atoms with Crippen LogP contribution in [0.5, 0.6) is 0 Å². The molecule has 0 radical (unpaired) electrons. The molecule has 0 spiro atoms. The fourth-order valence-corrected chi connectivity index (χ4v) is 6.72. The molecule has 1 N–H and O–H groups in total. The van der Waals surface area contributed by atoms with E-state index in [2.05, 4.69) is 15.5 Å². The van der Waals surface area contributed by atoms with Gasteiger partial charge in [0.05, 0.1) is 20.8 Å². The van der Waals surface area contributed by atoms with Gasteiger partial charge in [-0.1, -0.05) is 39.9 Å². The molecular weight excluding hydrogens is 507 g/mol. The topological polar surface area (TPSA) is 105 Å². The van der Waals surface area contributed by atoms with E-state index in [-0.39, 0.29) is 22.7 Å². The van der Waals surface area contributed by atoms with Gasteiger partial charge in [0.25, 0.3) is 15.9 Å². The van der Waals surface area contributed by atoms with Crippen LogP contribution in [0.3, 0.4) is 0 Å². The Morgan fingerprint density at radius 3 is 2.74 bits per heavy atom. The maximum Gasteiger partial charge on any atom is 0.322 e. The van der Waals surface area contributed by atoms with Crippen molar-refractivity contribution in [2.24, 2.45) is 5.92 Å². The zero-order chi connectivity index (χ0) is 22.2. The van der Waals surface area contributed by atoms with Crippen LogP contribution in [-0.4, -0.2) is 41.9 Å². The second-order valence-electron chi connectivity index (χ2n) is 6.79. The first kappa shape index (κ1) is 22.5. The van der Waals surface area contributed by atoms with Crippen LogP contribution < -0.4 is 5.32 Å². The molecule has 1 aliphatic heterocycles. The molecule has 1 unspecified atom stereocenters. The molecule has 1 fully saturated rings. The molecule has 164 valence electrons. The van der Waals surface area contributed by atoms with Gasteiger partial charge >= 0.3 is 6.01 Å². The number of carbonyl (C=O) groups excluding carboxylic acids is 1. The van der Waals surface area contributed by atoms with E-state index in [0.29, 0.717) is 39.3 Å². The molecule has 0 aliphatic carbocycles. The van der Waals surface area contributed by atoms with Crippen molar-refractivity contribution < 1.29 is 17.6 Å². The van der Waals surface area contributed by atoms with E-state index >= 15 is 0 Å². The van der Waals surface area contributed by atoms with Crippen LogP contribution in [-0.2, 0) is 14.8 Å². The Bertz CT molecular complexity index is 1230. The third-order valence-corrected chi connectivity index (χ3v) is 8.84. The largest absolute Gasteiger partial charge is 0.403 e. The highest BCUT2D eigenvalue weighted by Gasteiger charge is 2.34. The number of carbonyl (C=O) groups is 1. The molecule has 3 aromatic rings. The molecule has 1 amide bonds. The third kappa shape index (κ3) is 4.89. The summed E-state index contributed by atoms with van der Waals surface area (Å²) < 4.78 is 33.0. The number of piperidine rings is 1. The molecule has 8 nitrogen and oxygen atoms in total. The third-order valence-electron chi connectivity index (χ3n) is 4.71. The Morgan fingerprint density at radius 1 is 1.19 bits per heavy atom. The van der Waals surface area contributed by atoms with Crippen molar-refractivity contribution in [2.75, 3.05) is 18.4 Å². The molecule has 1 atom stereocenters. The van der Waals surface area contributed by atoms with E-state index in [1.54, 1.807) is 18.2 Å². The SMILES string of the molecule is O=C(Nc1nnc(-c2cc(Cl)ccc2Cl)o1)C1CCCN(S(=O)(=O)c2ccc(Cl)s2)C1. The molecule has 0 bridgehead atoms. The van der Waals surface area contributed by atoms with Gasteiger partial charge in [-0.05, 0) is 43.2 Å². The van der Waals surface area contributed by atoms with Crippen molar-refractivity contribution in [3.8, 4) is 11.5 Å². The number of thiophene rings is 1. The minimum absolute atomic E-state index is 0.0464. The van der Waals surface area contributed by atoms with Gasteiger partial charge in [-0.3, -0.25) is 10.1 Å². The maximum atomic E-state index is 12.8. The fraction of sp³-hybridized carbons (Fsp3) is 0.278. The predicted molar refractivity (Wildman–Crippen MR) is 119 cm³/mol. The molecule has 0 saturated carbocycles. The van der Waals surface area contributed by atoms with Gasteiger partial charge < -0.3 is 4.42 Å². The molecule has 1 aliphatic rings. The Kier molecular flexibility index (Phi) is 6.57. The summed E-state index contributed by atoms with van der Waals surface area (Å²) in [4.78, 5) is 12.7. The van der Waals surface area contributed by atoms with Gasteiger partial charge in [-0.15, -0.1) is 16.4 Å². The summed E-state index contributed by atoms with van der Waals surface area (Å²) in [6.07, 6.45) is 1.08. The second kappa shape index (κ2) is 9.05. The van der Waals surface area contributed by atoms with Crippen LogP contribution in [0, 0.1) is 5.92 Å². The number of sulfonamides is 1. The van der Waals surface area contributed by atoms with E-state index in [1.165, 1.54) is 16.4 Å². The van der Waals surface area contributed by atoms with Crippen molar-refractivity contribution in [1.29, 1.82) is 0 Å². The summed E-state index contributed by atoms with van der Waals surface area (Å²) in [6.45, 7) is 0.379. The number of hydrogen-bond donors (Lipinski definition) is 1. The lowest BCUT2D eigenvalue weighted by atomic mass is 9.99. The van der Waals surface area contributed by atoms with Crippen LogP contribution in [0.1, 0.15) is 12.8 Å². The second-order valence-corrected chi connectivity index (χ2v) is 11.5. The molecule has 2 aromatic heterocycles. The Hall–Kier alpha value is -1.69. The predicted octanol–water partition coefficient (Wildman–Crippen LogP) is 4.80. The minimum Gasteiger partial charge on any atom is -0.403 e. The molecular formula is C18H15Cl3N4O4S2. The molecule has 4 rings (SSSR count). The van der Waals surface area contributed by atoms with Crippen LogP contribution in [0.25, 0.3) is 11.5 Å². The highest BCUT2D eigenvalue weighted by molar-refractivity contribution is 7.91. The van der Waals surface area contributed by atoms with E-state index in [0.717, 1.165) is 11.3 Å². The van der Waals surface area contributed by atoms with Gasteiger partial charge in [-0.25, -0.2) is 8.42 Å². The molecule has 3 heterocycles. The highest BCUT2D eigenvalue weighted by atomic mass is 35.5. The van der Waals surface area contributed by atoms with Crippen molar-refractivity contribution in [3.63, 3.8) is 0 Å². The summed E-state index contributed by atoms with van der Waals surface area (Å²) >= 11 is 19.0. The van der Waals surface area contributed by atoms with Gasteiger partial charge in [-0.2, -0.15) is 4.31 Å². The zero-order valence-electron chi connectivity index (χ0n) is 15.7. The number of anilines is 1. The maximum absolute atomic E-state index is 12.8. The molecule has 1 aromatic carbocycles. The first-order valence-electron chi connectivity index (χ1n) is 9.09. The number of hydrogen-bond acceptors (Lipinski definition) is 7. The van der Waals surface area contributed by atoms with E-state index < -0.39 is 21.8 Å². The quantitative estimate of drug-likeness (QED) is 0.517. The highest BCUT2D eigenvalue weighted by Crippen LogP contribution is 2.32. The molecule has 1 saturated heterocycles. The number of rotatable bonds is 5. The first-order chi connectivity index (χ1) is 14.7. The van der Waals surface area contributed by atoms with E-state index in [4.69, 9.17) is 39.2 Å². The average Bonchev–Trinajstić information content (AvgIpc) is 3.39. The van der Waals surface area contributed by atoms with E-state index in [1.807, 2.05) is 0 Å². The molecule has 31 heavy (non-hydrogen) atoms. The van der Waals surface area contributed by atoms with Crippen molar-refractivity contribution in [1.82, 2.24) is 14.5 Å². The monoisotopic (exact) mass is 520 g/mol. The average molecular weight is 522 g/mol.